The predicted molar refractivity (Wildman–Crippen MR) is 107 cm³/mol. The number of carbonyl (C=O) groups excluding carboxylic acids is 1. The summed E-state index contributed by atoms with van der Waals surface area (Å²) in [6, 6.07) is 8.86. The third kappa shape index (κ3) is 5.39. The highest BCUT2D eigenvalue weighted by Crippen LogP contribution is 2.26. The SMILES string of the molecule is Cl.Cl.O=C(C1CC(F)(F)CN1)N1CCN(Cc2nnnn2-c2ccccc2)CC1. The minimum Gasteiger partial charge on any atom is -0.339 e. The molecule has 1 unspecified atom stereocenters. The van der Waals surface area contributed by atoms with Gasteiger partial charge in [-0.1, -0.05) is 18.2 Å². The monoisotopic (exact) mass is 449 g/mol. The zero-order chi connectivity index (χ0) is 18.9. The Bertz CT molecular complexity index is 800. The summed E-state index contributed by atoms with van der Waals surface area (Å²) in [6.07, 6.45) is -0.419. The summed E-state index contributed by atoms with van der Waals surface area (Å²) < 4.78 is 28.3. The Morgan fingerprint density at radius 3 is 2.45 bits per heavy atom. The molecule has 1 atom stereocenters. The average molecular weight is 450 g/mol. The minimum absolute atomic E-state index is 0. The van der Waals surface area contributed by atoms with Gasteiger partial charge in [0.1, 0.15) is 0 Å². The van der Waals surface area contributed by atoms with Crippen LogP contribution in [0.25, 0.3) is 5.69 Å². The van der Waals surface area contributed by atoms with Gasteiger partial charge in [0, 0.05) is 32.6 Å². The predicted octanol–water partition coefficient (Wildman–Crippen LogP) is 1.15. The summed E-state index contributed by atoms with van der Waals surface area (Å²) in [4.78, 5) is 16.2. The summed E-state index contributed by atoms with van der Waals surface area (Å²) >= 11 is 0. The number of carbonyl (C=O) groups is 1. The van der Waals surface area contributed by atoms with Crippen LogP contribution < -0.4 is 5.32 Å². The number of hydrogen-bond donors (Lipinski definition) is 1. The first-order valence-electron chi connectivity index (χ1n) is 8.97. The van der Waals surface area contributed by atoms with E-state index in [1.165, 1.54) is 0 Å². The van der Waals surface area contributed by atoms with E-state index in [1.54, 1.807) is 9.58 Å². The quantitative estimate of drug-likeness (QED) is 0.753. The second-order valence-electron chi connectivity index (χ2n) is 6.94. The third-order valence-corrected chi connectivity index (χ3v) is 4.99. The van der Waals surface area contributed by atoms with Crippen molar-refractivity contribution in [2.75, 3.05) is 32.7 Å². The summed E-state index contributed by atoms with van der Waals surface area (Å²) in [5.74, 6) is -2.31. The van der Waals surface area contributed by atoms with Crippen LogP contribution >= 0.6 is 24.8 Å². The van der Waals surface area contributed by atoms with E-state index in [1.807, 2.05) is 30.3 Å². The van der Waals surface area contributed by atoms with E-state index in [2.05, 4.69) is 25.7 Å². The fourth-order valence-electron chi connectivity index (χ4n) is 3.51. The molecule has 2 aliphatic rings. The van der Waals surface area contributed by atoms with Crippen molar-refractivity contribution in [2.24, 2.45) is 0 Å². The van der Waals surface area contributed by atoms with Gasteiger partial charge in [-0.3, -0.25) is 15.0 Å². The lowest BCUT2D eigenvalue weighted by Crippen LogP contribution is -2.52. The van der Waals surface area contributed by atoms with Crippen LogP contribution in [0, 0.1) is 0 Å². The number of benzene rings is 1. The topological polar surface area (TPSA) is 79.2 Å². The van der Waals surface area contributed by atoms with E-state index < -0.39 is 24.9 Å². The zero-order valence-corrected chi connectivity index (χ0v) is 17.2. The van der Waals surface area contributed by atoms with E-state index in [-0.39, 0.29) is 30.7 Å². The molecule has 2 aromatic rings. The number of aromatic nitrogens is 4. The molecule has 8 nitrogen and oxygen atoms in total. The Hall–Kier alpha value is -1.88. The summed E-state index contributed by atoms with van der Waals surface area (Å²) in [5.41, 5.74) is 0.888. The van der Waals surface area contributed by atoms with Crippen LogP contribution in [0.3, 0.4) is 0 Å². The van der Waals surface area contributed by atoms with Crippen molar-refractivity contribution in [1.82, 2.24) is 35.3 Å². The second-order valence-corrected chi connectivity index (χ2v) is 6.94. The Kier molecular flexibility index (Phi) is 7.87. The van der Waals surface area contributed by atoms with E-state index in [0.717, 1.165) is 11.5 Å². The number of piperazine rings is 1. The third-order valence-electron chi connectivity index (χ3n) is 4.99. The number of rotatable bonds is 4. The first kappa shape index (κ1) is 23.4. The highest BCUT2D eigenvalue weighted by molar-refractivity contribution is 5.85. The van der Waals surface area contributed by atoms with Crippen molar-refractivity contribution in [3.05, 3.63) is 36.2 Å². The summed E-state index contributed by atoms with van der Waals surface area (Å²) in [6.45, 7) is 2.45. The maximum Gasteiger partial charge on any atom is 0.262 e. The molecular formula is C17H23Cl2F2N7O. The fourth-order valence-corrected chi connectivity index (χ4v) is 3.51. The van der Waals surface area contributed by atoms with Crippen LogP contribution in [0.5, 0.6) is 0 Å². The lowest BCUT2D eigenvalue weighted by atomic mass is 10.1. The van der Waals surface area contributed by atoms with Crippen LogP contribution in [-0.4, -0.2) is 80.6 Å². The van der Waals surface area contributed by atoms with E-state index in [9.17, 15) is 13.6 Å². The molecule has 4 rings (SSSR count). The van der Waals surface area contributed by atoms with Gasteiger partial charge in [-0.2, -0.15) is 4.68 Å². The van der Waals surface area contributed by atoms with Gasteiger partial charge in [-0.15, -0.1) is 29.9 Å². The number of alkyl halides is 2. The van der Waals surface area contributed by atoms with Crippen molar-refractivity contribution in [2.45, 2.75) is 24.9 Å². The van der Waals surface area contributed by atoms with Gasteiger partial charge >= 0.3 is 0 Å². The van der Waals surface area contributed by atoms with Crippen molar-refractivity contribution >= 4 is 30.7 Å². The normalized spacial score (nSPS) is 21.3. The van der Waals surface area contributed by atoms with E-state index >= 15 is 0 Å². The number of para-hydroxylation sites is 1. The van der Waals surface area contributed by atoms with Crippen molar-refractivity contribution in [3.8, 4) is 5.69 Å². The number of amides is 1. The zero-order valence-electron chi connectivity index (χ0n) is 15.6. The Labute approximate surface area is 179 Å². The molecule has 0 bridgehead atoms. The molecule has 0 aliphatic carbocycles. The molecular weight excluding hydrogens is 427 g/mol. The molecule has 2 aliphatic heterocycles. The molecule has 0 saturated carbocycles. The van der Waals surface area contributed by atoms with Gasteiger partial charge in [-0.25, -0.2) is 8.78 Å². The summed E-state index contributed by atoms with van der Waals surface area (Å²) in [7, 11) is 0. The van der Waals surface area contributed by atoms with Gasteiger partial charge in [0.05, 0.1) is 24.8 Å². The maximum absolute atomic E-state index is 13.3. The number of halogens is 4. The van der Waals surface area contributed by atoms with Gasteiger partial charge in [0.15, 0.2) is 5.82 Å². The molecule has 1 aromatic carbocycles. The van der Waals surface area contributed by atoms with Crippen LogP contribution in [0.2, 0.25) is 0 Å². The number of nitrogens with one attached hydrogen (secondary N) is 1. The Morgan fingerprint density at radius 1 is 1.14 bits per heavy atom. The van der Waals surface area contributed by atoms with Gasteiger partial charge in [-0.05, 0) is 22.6 Å². The summed E-state index contributed by atoms with van der Waals surface area (Å²) in [5, 5.41) is 14.6. The largest absolute Gasteiger partial charge is 0.339 e. The molecule has 160 valence electrons. The number of nitrogens with zero attached hydrogens (tertiary/aromatic N) is 6. The fraction of sp³-hybridized carbons (Fsp3) is 0.529. The van der Waals surface area contributed by atoms with Crippen molar-refractivity contribution in [3.63, 3.8) is 0 Å². The molecule has 1 N–H and O–H groups in total. The molecule has 2 fully saturated rings. The van der Waals surface area contributed by atoms with Crippen LogP contribution in [0.15, 0.2) is 30.3 Å². The molecule has 12 heteroatoms. The smallest absolute Gasteiger partial charge is 0.262 e. The van der Waals surface area contributed by atoms with E-state index in [0.29, 0.717) is 32.7 Å². The minimum atomic E-state index is -2.79. The van der Waals surface area contributed by atoms with Gasteiger partial charge in [0.25, 0.3) is 5.92 Å². The average Bonchev–Trinajstić information content (AvgIpc) is 3.28. The highest BCUT2D eigenvalue weighted by atomic mass is 35.5. The molecule has 3 heterocycles. The first-order valence-corrected chi connectivity index (χ1v) is 8.97. The van der Waals surface area contributed by atoms with Crippen LogP contribution in [0.4, 0.5) is 8.78 Å². The maximum atomic E-state index is 13.3. The first-order chi connectivity index (χ1) is 13.0. The van der Waals surface area contributed by atoms with E-state index in [4.69, 9.17) is 0 Å². The molecule has 1 amide bonds. The standard InChI is InChI=1S/C17H21F2N7O.2ClH/c18-17(19)10-14(20-12-17)16(27)25-8-6-24(7-9-25)11-15-21-22-23-26(15)13-4-2-1-3-5-13;;/h1-5,14,20H,6-12H2;2*1H. The van der Waals surface area contributed by atoms with Gasteiger partial charge in [0.2, 0.25) is 5.91 Å². The van der Waals surface area contributed by atoms with Gasteiger partial charge < -0.3 is 4.90 Å². The Balaban J connectivity index is 0.00000150. The second kappa shape index (κ2) is 9.75. The molecule has 0 radical (unpaired) electrons. The lowest BCUT2D eigenvalue weighted by molar-refractivity contribution is -0.135. The molecule has 1 aromatic heterocycles. The molecule has 2 saturated heterocycles. The van der Waals surface area contributed by atoms with Crippen LogP contribution in [0.1, 0.15) is 12.2 Å². The Morgan fingerprint density at radius 2 is 1.83 bits per heavy atom. The number of tetrazole rings is 1. The number of hydrogen-bond acceptors (Lipinski definition) is 6. The van der Waals surface area contributed by atoms with Crippen molar-refractivity contribution < 1.29 is 13.6 Å². The van der Waals surface area contributed by atoms with Crippen molar-refractivity contribution in [1.29, 1.82) is 0 Å². The molecule has 0 spiro atoms. The lowest BCUT2D eigenvalue weighted by Gasteiger charge is -2.35. The highest BCUT2D eigenvalue weighted by Gasteiger charge is 2.43. The van der Waals surface area contributed by atoms with Crippen LogP contribution in [-0.2, 0) is 11.3 Å². The molecule has 29 heavy (non-hydrogen) atoms.